The van der Waals surface area contributed by atoms with Gasteiger partial charge in [0.1, 0.15) is 16.4 Å². The van der Waals surface area contributed by atoms with Crippen LogP contribution >= 0.6 is 23.1 Å². The number of nitrogens with one attached hydrogen (secondary N) is 2. The Morgan fingerprint density at radius 3 is 2.81 bits per heavy atom. The van der Waals surface area contributed by atoms with E-state index < -0.39 is 0 Å². The number of carbonyl (C=O) groups is 1. The molecule has 1 aliphatic carbocycles. The molecule has 32 heavy (non-hydrogen) atoms. The lowest BCUT2D eigenvalue weighted by atomic mass is 9.97. The highest BCUT2D eigenvalue weighted by Crippen LogP contribution is 2.33. The monoisotopic (exact) mass is 471 g/mol. The molecule has 0 aliphatic heterocycles. The summed E-state index contributed by atoms with van der Waals surface area (Å²) >= 11 is 3.12. The first-order valence-electron chi connectivity index (χ1n) is 11.1. The van der Waals surface area contributed by atoms with Crippen LogP contribution in [0.4, 0.5) is 0 Å². The fourth-order valence-corrected chi connectivity index (χ4v) is 5.92. The summed E-state index contributed by atoms with van der Waals surface area (Å²) in [5, 5.41) is 3.73. The van der Waals surface area contributed by atoms with Crippen molar-refractivity contribution in [3.63, 3.8) is 0 Å². The maximum atomic E-state index is 12.6. The summed E-state index contributed by atoms with van der Waals surface area (Å²) in [5.74, 6) is 2.34. The Morgan fingerprint density at radius 1 is 1.25 bits per heavy atom. The third-order valence-corrected chi connectivity index (χ3v) is 7.51. The van der Waals surface area contributed by atoms with E-state index >= 15 is 0 Å². The van der Waals surface area contributed by atoms with E-state index in [-0.39, 0.29) is 17.6 Å². The van der Waals surface area contributed by atoms with Gasteiger partial charge < -0.3 is 15.0 Å². The maximum Gasteiger partial charge on any atom is 0.259 e. The average molecular weight is 472 g/mol. The normalized spacial score (nSPS) is 13.3. The number of ether oxygens (including phenoxy) is 1. The quantitative estimate of drug-likeness (QED) is 0.488. The van der Waals surface area contributed by atoms with E-state index in [1.54, 1.807) is 11.3 Å². The van der Waals surface area contributed by atoms with Gasteiger partial charge in [-0.25, -0.2) is 4.98 Å². The van der Waals surface area contributed by atoms with Gasteiger partial charge in [0.15, 0.2) is 0 Å². The smallest absolute Gasteiger partial charge is 0.259 e. The third-order valence-electron chi connectivity index (χ3n) is 5.38. The van der Waals surface area contributed by atoms with E-state index in [0.29, 0.717) is 23.9 Å². The van der Waals surface area contributed by atoms with E-state index in [9.17, 15) is 9.59 Å². The van der Waals surface area contributed by atoms with Crippen LogP contribution in [0.2, 0.25) is 0 Å². The number of H-pyrrole nitrogens is 1. The Labute approximate surface area is 196 Å². The summed E-state index contributed by atoms with van der Waals surface area (Å²) < 4.78 is 5.65. The number of amides is 1. The fourth-order valence-electron chi connectivity index (χ4n) is 3.92. The van der Waals surface area contributed by atoms with Gasteiger partial charge in [-0.1, -0.05) is 12.1 Å². The molecule has 6 nitrogen and oxygen atoms in total. The molecule has 0 saturated heterocycles. The van der Waals surface area contributed by atoms with Gasteiger partial charge in [0, 0.05) is 11.4 Å². The molecule has 170 valence electrons. The topological polar surface area (TPSA) is 84.1 Å². The number of carbonyl (C=O) groups excluding carboxylic acids is 1. The van der Waals surface area contributed by atoms with E-state index in [1.807, 2.05) is 38.1 Å². The molecule has 0 spiro atoms. The summed E-state index contributed by atoms with van der Waals surface area (Å²) in [6.07, 6.45) is 5.28. The largest absolute Gasteiger partial charge is 0.491 e. The Hall–Kier alpha value is -2.32. The van der Waals surface area contributed by atoms with Crippen molar-refractivity contribution in [3.05, 3.63) is 56.4 Å². The molecule has 2 aromatic heterocycles. The highest BCUT2D eigenvalue weighted by molar-refractivity contribution is 7.99. The van der Waals surface area contributed by atoms with Gasteiger partial charge in [-0.15, -0.1) is 23.1 Å². The number of nitrogens with zero attached hydrogens (tertiary/aromatic N) is 1. The zero-order chi connectivity index (χ0) is 22.5. The molecule has 0 bridgehead atoms. The van der Waals surface area contributed by atoms with Crippen molar-refractivity contribution in [3.8, 4) is 5.75 Å². The zero-order valence-corrected chi connectivity index (χ0v) is 20.2. The van der Waals surface area contributed by atoms with Crippen LogP contribution in [0.3, 0.4) is 0 Å². The Morgan fingerprint density at radius 2 is 2.03 bits per heavy atom. The minimum absolute atomic E-state index is 0.00947. The molecular formula is C24H29N3O3S2. The summed E-state index contributed by atoms with van der Waals surface area (Å²) in [5.41, 5.74) is 2.31. The number of thiophene rings is 1. The van der Waals surface area contributed by atoms with Gasteiger partial charge in [0.25, 0.3) is 5.56 Å². The van der Waals surface area contributed by atoms with Crippen LogP contribution in [0.5, 0.6) is 5.75 Å². The van der Waals surface area contributed by atoms with Crippen LogP contribution in [-0.4, -0.2) is 34.3 Å². The number of rotatable bonds is 9. The van der Waals surface area contributed by atoms with Gasteiger partial charge in [0.2, 0.25) is 5.91 Å². The van der Waals surface area contributed by atoms with Crippen LogP contribution in [0.1, 0.15) is 48.5 Å². The van der Waals surface area contributed by atoms with Crippen LogP contribution in [0.25, 0.3) is 10.2 Å². The number of aryl methyl sites for hydroxylation is 2. The van der Waals surface area contributed by atoms with Crippen molar-refractivity contribution in [2.24, 2.45) is 0 Å². The standard InChI is InChI=1S/C24H29N3O3S2/c1-15(2)30-17-9-7-16(8-10-17)11-12-25-21(28)14-31-13-20-26-23(29)22-18-5-3-4-6-19(18)32-24(22)27-20/h7-10,15H,3-6,11-14H2,1-2H3,(H,25,28)(H,26,27,29). The van der Waals surface area contributed by atoms with Crippen molar-refractivity contribution < 1.29 is 9.53 Å². The predicted molar refractivity (Wildman–Crippen MR) is 132 cm³/mol. The molecule has 1 amide bonds. The number of aromatic amines is 1. The third kappa shape index (κ3) is 5.72. The fraction of sp³-hybridized carbons (Fsp3) is 0.458. The molecule has 8 heteroatoms. The molecule has 0 fully saturated rings. The van der Waals surface area contributed by atoms with Crippen molar-refractivity contribution in [1.82, 2.24) is 15.3 Å². The second kappa shape index (κ2) is 10.5. The first-order chi connectivity index (χ1) is 15.5. The second-order valence-corrected chi connectivity index (χ2v) is 10.4. The maximum absolute atomic E-state index is 12.6. The lowest BCUT2D eigenvalue weighted by Crippen LogP contribution is -2.27. The molecule has 1 aliphatic rings. The van der Waals surface area contributed by atoms with Crippen molar-refractivity contribution >= 4 is 39.2 Å². The van der Waals surface area contributed by atoms with Gasteiger partial charge in [-0.05, 0) is 69.2 Å². The van der Waals surface area contributed by atoms with Crippen LogP contribution in [0, 0.1) is 0 Å². The zero-order valence-electron chi connectivity index (χ0n) is 18.5. The molecule has 0 saturated carbocycles. The summed E-state index contributed by atoms with van der Waals surface area (Å²) in [6, 6.07) is 7.97. The number of fused-ring (bicyclic) bond motifs is 3. The van der Waals surface area contributed by atoms with Crippen LogP contribution in [0.15, 0.2) is 29.1 Å². The minimum atomic E-state index is -0.0423. The first-order valence-corrected chi connectivity index (χ1v) is 13.1. The molecule has 1 aromatic carbocycles. The van der Waals surface area contributed by atoms with Gasteiger partial charge in [-0.2, -0.15) is 0 Å². The Balaban J connectivity index is 1.22. The molecule has 2 N–H and O–H groups in total. The van der Waals surface area contributed by atoms with Crippen molar-refractivity contribution in [2.45, 2.75) is 57.8 Å². The number of thioether (sulfide) groups is 1. The Bertz CT molecular complexity index is 1140. The number of hydrogen-bond donors (Lipinski definition) is 2. The molecule has 2 heterocycles. The highest BCUT2D eigenvalue weighted by Gasteiger charge is 2.19. The SMILES string of the molecule is CC(C)Oc1ccc(CCNC(=O)CSCc2nc3sc4c(c3c(=O)[nH]2)CCCC4)cc1. The molecule has 0 atom stereocenters. The molecule has 0 radical (unpaired) electrons. The Kier molecular flexibility index (Phi) is 7.52. The van der Waals surface area contributed by atoms with Gasteiger partial charge >= 0.3 is 0 Å². The lowest BCUT2D eigenvalue weighted by molar-refractivity contribution is -0.118. The summed E-state index contributed by atoms with van der Waals surface area (Å²) in [7, 11) is 0. The van der Waals surface area contributed by atoms with Crippen LogP contribution in [-0.2, 0) is 29.8 Å². The summed E-state index contributed by atoms with van der Waals surface area (Å²) in [6.45, 7) is 4.59. The number of hydrogen-bond acceptors (Lipinski definition) is 6. The number of aromatic nitrogens is 2. The average Bonchev–Trinajstić information content (AvgIpc) is 3.13. The molecule has 0 unspecified atom stereocenters. The second-order valence-electron chi connectivity index (χ2n) is 8.31. The van der Waals surface area contributed by atoms with Gasteiger partial charge in [0.05, 0.1) is 23.0 Å². The highest BCUT2D eigenvalue weighted by atomic mass is 32.2. The molecular weight excluding hydrogens is 442 g/mol. The van der Waals surface area contributed by atoms with E-state index in [2.05, 4.69) is 15.3 Å². The first kappa shape index (κ1) is 22.9. The van der Waals surface area contributed by atoms with Crippen molar-refractivity contribution in [2.75, 3.05) is 12.3 Å². The van der Waals surface area contributed by atoms with Crippen molar-refractivity contribution in [1.29, 1.82) is 0 Å². The minimum Gasteiger partial charge on any atom is -0.491 e. The van der Waals surface area contributed by atoms with Gasteiger partial charge in [-0.3, -0.25) is 9.59 Å². The van der Waals surface area contributed by atoms with E-state index in [1.165, 1.54) is 28.6 Å². The summed E-state index contributed by atoms with van der Waals surface area (Å²) in [4.78, 5) is 34.5. The number of benzene rings is 1. The van der Waals surface area contributed by atoms with E-state index in [0.717, 1.165) is 47.2 Å². The van der Waals surface area contributed by atoms with E-state index in [4.69, 9.17) is 4.74 Å². The molecule has 3 aromatic rings. The van der Waals surface area contributed by atoms with Crippen LogP contribution < -0.4 is 15.6 Å². The molecule has 4 rings (SSSR count). The lowest BCUT2D eigenvalue weighted by Gasteiger charge is -2.10. The predicted octanol–water partition coefficient (Wildman–Crippen LogP) is 4.24.